The molecule has 0 aromatic heterocycles. The Morgan fingerprint density at radius 2 is 1.90 bits per heavy atom. The molecule has 3 nitrogen and oxygen atoms in total. The normalized spacial score (nSPS) is 27.6. The van der Waals surface area contributed by atoms with Crippen molar-refractivity contribution >= 4 is 0 Å². The molecule has 0 amide bonds. The Balaban J connectivity index is 2.75. The Kier molecular flexibility index (Phi) is 6.94. The van der Waals surface area contributed by atoms with Gasteiger partial charge in [0.15, 0.2) is 0 Å². The van der Waals surface area contributed by atoms with Crippen LogP contribution in [0.15, 0.2) is 0 Å². The summed E-state index contributed by atoms with van der Waals surface area (Å²) in [7, 11) is 4.02. The quantitative estimate of drug-likeness (QED) is 0.785. The third-order valence-corrected chi connectivity index (χ3v) is 4.75. The van der Waals surface area contributed by atoms with Crippen molar-refractivity contribution in [3.8, 4) is 0 Å². The standard InChI is InChI=1S/C15H30F3N3/c1-4-21(10-6-9-20(2)3)14(12-19)8-5-7-13(11-14)15(16,17)18/h13H,4-12,19H2,1-3H3. The molecule has 1 saturated carbocycles. The molecule has 0 bridgehead atoms. The molecule has 0 aromatic carbocycles. The number of hydrogen-bond acceptors (Lipinski definition) is 3. The zero-order chi connectivity index (χ0) is 16.1. The fourth-order valence-corrected chi connectivity index (χ4v) is 3.53. The number of rotatable bonds is 7. The van der Waals surface area contributed by atoms with E-state index in [0.717, 1.165) is 32.5 Å². The largest absolute Gasteiger partial charge is 0.391 e. The van der Waals surface area contributed by atoms with Crippen LogP contribution >= 0.6 is 0 Å². The number of hydrogen-bond donors (Lipinski definition) is 1. The molecule has 2 N–H and O–H groups in total. The zero-order valence-electron chi connectivity index (χ0n) is 13.5. The predicted octanol–water partition coefficient (Wildman–Crippen LogP) is 2.71. The molecule has 0 aromatic rings. The summed E-state index contributed by atoms with van der Waals surface area (Å²) in [5.41, 5.74) is 5.46. The van der Waals surface area contributed by atoms with Gasteiger partial charge in [-0.05, 0) is 59.4 Å². The molecule has 6 heteroatoms. The van der Waals surface area contributed by atoms with Crippen LogP contribution in [0.25, 0.3) is 0 Å². The van der Waals surface area contributed by atoms with Crippen LogP contribution < -0.4 is 5.73 Å². The minimum absolute atomic E-state index is 0.156. The van der Waals surface area contributed by atoms with Crippen molar-refractivity contribution in [2.24, 2.45) is 11.7 Å². The maximum absolute atomic E-state index is 13.1. The molecule has 1 aliphatic carbocycles. The summed E-state index contributed by atoms with van der Waals surface area (Å²) in [6, 6.07) is 0. The van der Waals surface area contributed by atoms with Gasteiger partial charge in [-0.3, -0.25) is 4.90 Å². The highest BCUT2D eigenvalue weighted by molar-refractivity contribution is 4.97. The number of nitrogens with zero attached hydrogens (tertiary/aromatic N) is 2. The molecule has 0 spiro atoms. The average molecular weight is 309 g/mol. The van der Waals surface area contributed by atoms with E-state index in [-0.39, 0.29) is 12.8 Å². The molecule has 0 radical (unpaired) electrons. The van der Waals surface area contributed by atoms with Crippen molar-refractivity contribution in [2.45, 2.75) is 50.7 Å². The number of likely N-dealkylation sites (N-methyl/N-ethyl adjacent to an activating group) is 1. The Morgan fingerprint density at radius 3 is 2.38 bits per heavy atom. The molecule has 21 heavy (non-hydrogen) atoms. The third kappa shape index (κ3) is 5.11. The smallest absolute Gasteiger partial charge is 0.329 e. The minimum Gasteiger partial charge on any atom is -0.329 e. The van der Waals surface area contributed by atoms with Crippen LogP contribution in [-0.2, 0) is 0 Å². The van der Waals surface area contributed by atoms with E-state index in [1.54, 1.807) is 0 Å². The highest BCUT2D eigenvalue weighted by atomic mass is 19.4. The van der Waals surface area contributed by atoms with Gasteiger partial charge in [0.1, 0.15) is 0 Å². The van der Waals surface area contributed by atoms with Crippen molar-refractivity contribution in [2.75, 3.05) is 40.3 Å². The third-order valence-electron chi connectivity index (χ3n) is 4.75. The summed E-state index contributed by atoms with van der Waals surface area (Å²) < 4.78 is 39.2. The highest BCUT2D eigenvalue weighted by Gasteiger charge is 2.48. The zero-order valence-corrected chi connectivity index (χ0v) is 13.5. The fraction of sp³-hybridized carbons (Fsp3) is 1.00. The summed E-state index contributed by atoms with van der Waals surface area (Å²) in [6.07, 6.45) is -1.33. The monoisotopic (exact) mass is 309 g/mol. The summed E-state index contributed by atoms with van der Waals surface area (Å²) in [5, 5.41) is 0. The molecule has 0 saturated heterocycles. The molecular weight excluding hydrogens is 279 g/mol. The second-order valence-corrected chi connectivity index (χ2v) is 6.50. The molecular formula is C15H30F3N3. The molecule has 126 valence electrons. The average Bonchev–Trinajstić information content (AvgIpc) is 2.42. The van der Waals surface area contributed by atoms with Crippen molar-refractivity contribution in [3.05, 3.63) is 0 Å². The maximum Gasteiger partial charge on any atom is 0.391 e. The van der Waals surface area contributed by atoms with Gasteiger partial charge in [-0.15, -0.1) is 0 Å². The van der Waals surface area contributed by atoms with Crippen LogP contribution in [0.5, 0.6) is 0 Å². The van der Waals surface area contributed by atoms with Crippen molar-refractivity contribution < 1.29 is 13.2 Å². The first-order valence-electron chi connectivity index (χ1n) is 7.91. The van der Waals surface area contributed by atoms with E-state index in [4.69, 9.17) is 5.73 Å². The molecule has 2 unspecified atom stereocenters. The highest BCUT2D eigenvalue weighted by Crippen LogP contribution is 2.43. The Bertz CT molecular complexity index is 307. The molecule has 0 aliphatic heterocycles. The summed E-state index contributed by atoms with van der Waals surface area (Å²) in [6.45, 7) is 4.85. The van der Waals surface area contributed by atoms with Crippen LogP contribution in [0.2, 0.25) is 0 Å². The van der Waals surface area contributed by atoms with Gasteiger partial charge in [0, 0.05) is 12.1 Å². The Labute approximate surface area is 126 Å². The molecule has 0 heterocycles. The lowest BCUT2D eigenvalue weighted by Gasteiger charge is -2.48. The lowest BCUT2D eigenvalue weighted by molar-refractivity contribution is -0.193. The van der Waals surface area contributed by atoms with Gasteiger partial charge in [0.05, 0.1) is 5.92 Å². The van der Waals surface area contributed by atoms with E-state index in [2.05, 4.69) is 9.80 Å². The number of nitrogens with two attached hydrogens (primary N) is 1. The van der Waals surface area contributed by atoms with Crippen LogP contribution in [0.4, 0.5) is 13.2 Å². The first kappa shape index (κ1) is 18.7. The van der Waals surface area contributed by atoms with E-state index >= 15 is 0 Å². The SMILES string of the molecule is CCN(CCCN(C)C)C1(CN)CCCC(C(F)(F)F)C1. The summed E-state index contributed by atoms with van der Waals surface area (Å²) >= 11 is 0. The van der Waals surface area contributed by atoms with Gasteiger partial charge in [-0.2, -0.15) is 13.2 Å². The Hall–Kier alpha value is -0.330. The van der Waals surface area contributed by atoms with E-state index in [1.165, 1.54) is 0 Å². The molecule has 2 atom stereocenters. The minimum atomic E-state index is -4.09. The van der Waals surface area contributed by atoms with Crippen molar-refractivity contribution in [1.29, 1.82) is 0 Å². The lowest BCUT2D eigenvalue weighted by Crippen LogP contribution is -2.58. The maximum atomic E-state index is 13.1. The van der Waals surface area contributed by atoms with Crippen LogP contribution in [0.3, 0.4) is 0 Å². The summed E-state index contributed by atoms with van der Waals surface area (Å²) in [5.74, 6) is -1.20. The van der Waals surface area contributed by atoms with Gasteiger partial charge in [0.25, 0.3) is 0 Å². The van der Waals surface area contributed by atoms with E-state index in [0.29, 0.717) is 13.0 Å². The number of halogens is 3. The van der Waals surface area contributed by atoms with Gasteiger partial charge < -0.3 is 10.6 Å². The van der Waals surface area contributed by atoms with Crippen LogP contribution in [0, 0.1) is 5.92 Å². The van der Waals surface area contributed by atoms with Crippen molar-refractivity contribution in [1.82, 2.24) is 9.80 Å². The van der Waals surface area contributed by atoms with Crippen LogP contribution in [0.1, 0.15) is 39.0 Å². The van der Waals surface area contributed by atoms with Crippen molar-refractivity contribution in [3.63, 3.8) is 0 Å². The van der Waals surface area contributed by atoms with Gasteiger partial charge in [-0.25, -0.2) is 0 Å². The van der Waals surface area contributed by atoms with Crippen LogP contribution in [-0.4, -0.2) is 61.8 Å². The van der Waals surface area contributed by atoms with Gasteiger partial charge in [-0.1, -0.05) is 13.3 Å². The summed E-state index contributed by atoms with van der Waals surface area (Å²) in [4.78, 5) is 4.29. The fourth-order valence-electron chi connectivity index (χ4n) is 3.53. The predicted molar refractivity (Wildman–Crippen MR) is 80.2 cm³/mol. The topological polar surface area (TPSA) is 32.5 Å². The van der Waals surface area contributed by atoms with E-state index in [1.807, 2.05) is 21.0 Å². The lowest BCUT2D eigenvalue weighted by atomic mass is 9.74. The Morgan fingerprint density at radius 1 is 1.24 bits per heavy atom. The first-order chi connectivity index (χ1) is 9.75. The second kappa shape index (κ2) is 7.79. The molecule has 1 aliphatic rings. The molecule has 1 rings (SSSR count). The number of alkyl halides is 3. The molecule has 1 fully saturated rings. The van der Waals surface area contributed by atoms with E-state index in [9.17, 15) is 13.2 Å². The van der Waals surface area contributed by atoms with Gasteiger partial charge in [0.2, 0.25) is 0 Å². The van der Waals surface area contributed by atoms with E-state index < -0.39 is 17.6 Å². The van der Waals surface area contributed by atoms with Gasteiger partial charge >= 0.3 is 6.18 Å². The second-order valence-electron chi connectivity index (χ2n) is 6.50. The first-order valence-corrected chi connectivity index (χ1v) is 7.91.